The average molecular weight is 264 g/mol. The number of hydrogen-bond acceptors (Lipinski definition) is 5. The highest BCUT2D eigenvalue weighted by Crippen LogP contribution is 2.26. The Labute approximate surface area is 115 Å². The smallest absolute Gasteiger partial charge is 0.224 e. The van der Waals surface area contributed by atoms with E-state index in [-0.39, 0.29) is 6.10 Å². The summed E-state index contributed by atoms with van der Waals surface area (Å²) in [5, 5.41) is 12.8. The Morgan fingerprint density at radius 1 is 1.47 bits per heavy atom. The largest absolute Gasteiger partial charge is 0.393 e. The molecule has 1 aliphatic heterocycles. The normalized spacial score (nSPS) is 18.4. The molecule has 0 spiro atoms. The third kappa shape index (κ3) is 3.35. The molecule has 0 radical (unpaired) electrons. The summed E-state index contributed by atoms with van der Waals surface area (Å²) in [4.78, 5) is 11.2. The van der Waals surface area contributed by atoms with Crippen LogP contribution >= 0.6 is 0 Å². The maximum Gasteiger partial charge on any atom is 0.224 e. The Bertz CT molecular complexity index is 414. The molecule has 1 unspecified atom stereocenters. The van der Waals surface area contributed by atoms with E-state index < -0.39 is 0 Å². The fourth-order valence-electron chi connectivity index (χ4n) is 2.59. The van der Waals surface area contributed by atoms with Crippen molar-refractivity contribution in [3.05, 3.63) is 11.8 Å². The van der Waals surface area contributed by atoms with E-state index >= 15 is 0 Å². The van der Waals surface area contributed by atoms with Crippen molar-refractivity contribution in [1.82, 2.24) is 9.97 Å². The van der Waals surface area contributed by atoms with E-state index in [9.17, 15) is 5.11 Å². The number of rotatable bonds is 4. The molecule has 1 aromatic rings. The Morgan fingerprint density at radius 3 is 2.74 bits per heavy atom. The van der Waals surface area contributed by atoms with Crippen LogP contribution in [0.3, 0.4) is 0 Å². The molecule has 0 aliphatic carbocycles. The molecule has 0 saturated carbocycles. The van der Waals surface area contributed by atoms with Crippen molar-refractivity contribution in [1.29, 1.82) is 0 Å². The zero-order chi connectivity index (χ0) is 13.8. The second-order valence-electron chi connectivity index (χ2n) is 5.30. The number of piperidine rings is 1. The molecule has 1 fully saturated rings. The maximum absolute atomic E-state index is 9.65. The van der Waals surface area contributed by atoms with Gasteiger partial charge in [-0.1, -0.05) is 0 Å². The Kier molecular flexibility index (Phi) is 4.58. The number of aliphatic hydroxyl groups excluding tert-OH is 1. The van der Waals surface area contributed by atoms with Crippen molar-refractivity contribution < 1.29 is 5.11 Å². The minimum atomic E-state index is -0.203. The third-order valence-corrected chi connectivity index (χ3v) is 3.80. The third-order valence-electron chi connectivity index (χ3n) is 3.80. The number of aliphatic hydroxyl groups is 1. The van der Waals surface area contributed by atoms with E-state index in [4.69, 9.17) is 0 Å². The molecular weight excluding hydrogens is 240 g/mol. The van der Waals surface area contributed by atoms with Crippen LogP contribution in [0.4, 0.5) is 11.8 Å². The Hall–Kier alpha value is -1.36. The molecule has 2 N–H and O–H groups in total. The SMILES string of the molecule is CCNc1ncc(C)c(N2CCC(C(C)O)CC2)n1. The summed E-state index contributed by atoms with van der Waals surface area (Å²) in [5.41, 5.74) is 1.11. The summed E-state index contributed by atoms with van der Waals surface area (Å²) >= 11 is 0. The molecule has 5 nitrogen and oxygen atoms in total. The van der Waals surface area contributed by atoms with Crippen LogP contribution in [0, 0.1) is 12.8 Å². The van der Waals surface area contributed by atoms with Crippen LogP contribution in [-0.4, -0.2) is 40.8 Å². The summed E-state index contributed by atoms with van der Waals surface area (Å²) in [6, 6.07) is 0. The van der Waals surface area contributed by atoms with Crippen LogP contribution in [0.15, 0.2) is 6.20 Å². The highest BCUT2D eigenvalue weighted by molar-refractivity contribution is 5.49. The first-order chi connectivity index (χ1) is 9.11. The highest BCUT2D eigenvalue weighted by atomic mass is 16.3. The van der Waals surface area contributed by atoms with Gasteiger partial charge in [0.25, 0.3) is 0 Å². The summed E-state index contributed by atoms with van der Waals surface area (Å²) < 4.78 is 0. The molecule has 19 heavy (non-hydrogen) atoms. The predicted molar refractivity (Wildman–Crippen MR) is 77.6 cm³/mol. The highest BCUT2D eigenvalue weighted by Gasteiger charge is 2.24. The molecule has 0 amide bonds. The Balaban J connectivity index is 2.08. The van der Waals surface area contributed by atoms with Gasteiger partial charge in [0, 0.05) is 31.4 Å². The molecular formula is C14H24N4O. The van der Waals surface area contributed by atoms with Crippen LogP contribution in [0.1, 0.15) is 32.3 Å². The quantitative estimate of drug-likeness (QED) is 0.868. The average Bonchev–Trinajstić information content (AvgIpc) is 2.41. The van der Waals surface area contributed by atoms with E-state index in [1.807, 2.05) is 27.0 Å². The second-order valence-corrected chi connectivity index (χ2v) is 5.30. The minimum absolute atomic E-state index is 0.203. The monoisotopic (exact) mass is 264 g/mol. The molecule has 1 aromatic heterocycles. The first-order valence-electron chi connectivity index (χ1n) is 7.12. The summed E-state index contributed by atoms with van der Waals surface area (Å²) in [5.74, 6) is 2.14. The number of anilines is 2. The van der Waals surface area contributed by atoms with E-state index in [0.29, 0.717) is 11.9 Å². The number of aromatic nitrogens is 2. The topological polar surface area (TPSA) is 61.3 Å². The van der Waals surface area contributed by atoms with E-state index in [1.165, 1.54) is 0 Å². The van der Waals surface area contributed by atoms with E-state index in [2.05, 4.69) is 20.2 Å². The van der Waals surface area contributed by atoms with Gasteiger partial charge in [-0.2, -0.15) is 4.98 Å². The van der Waals surface area contributed by atoms with Gasteiger partial charge < -0.3 is 15.3 Å². The Morgan fingerprint density at radius 2 is 2.16 bits per heavy atom. The van der Waals surface area contributed by atoms with Crippen molar-refractivity contribution in [2.75, 3.05) is 29.9 Å². The van der Waals surface area contributed by atoms with Crippen molar-refractivity contribution in [3.63, 3.8) is 0 Å². The molecule has 0 aromatic carbocycles. The molecule has 2 rings (SSSR count). The van der Waals surface area contributed by atoms with Crippen LogP contribution < -0.4 is 10.2 Å². The molecule has 2 heterocycles. The molecule has 1 aliphatic rings. The fraction of sp³-hybridized carbons (Fsp3) is 0.714. The van der Waals surface area contributed by atoms with E-state index in [0.717, 1.165) is 43.9 Å². The summed E-state index contributed by atoms with van der Waals surface area (Å²) in [6.45, 7) is 8.72. The molecule has 0 bridgehead atoms. The lowest BCUT2D eigenvalue weighted by atomic mass is 9.92. The van der Waals surface area contributed by atoms with Gasteiger partial charge in [0.05, 0.1) is 6.10 Å². The second kappa shape index (κ2) is 6.19. The van der Waals surface area contributed by atoms with Gasteiger partial charge >= 0.3 is 0 Å². The number of nitrogens with zero attached hydrogens (tertiary/aromatic N) is 3. The van der Waals surface area contributed by atoms with Gasteiger partial charge in [-0.3, -0.25) is 0 Å². The van der Waals surface area contributed by atoms with Crippen molar-refractivity contribution in [2.24, 2.45) is 5.92 Å². The first-order valence-corrected chi connectivity index (χ1v) is 7.12. The summed E-state index contributed by atoms with van der Waals surface area (Å²) in [7, 11) is 0. The zero-order valence-corrected chi connectivity index (χ0v) is 12.1. The lowest BCUT2D eigenvalue weighted by molar-refractivity contribution is 0.109. The van der Waals surface area contributed by atoms with Crippen molar-refractivity contribution in [2.45, 2.75) is 39.7 Å². The van der Waals surface area contributed by atoms with Crippen molar-refractivity contribution in [3.8, 4) is 0 Å². The number of hydrogen-bond donors (Lipinski definition) is 2. The van der Waals surface area contributed by atoms with Gasteiger partial charge in [-0.25, -0.2) is 4.98 Å². The van der Waals surface area contributed by atoms with Crippen LogP contribution in [0.25, 0.3) is 0 Å². The predicted octanol–water partition coefficient (Wildman–Crippen LogP) is 1.81. The van der Waals surface area contributed by atoms with Crippen LogP contribution in [0.5, 0.6) is 0 Å². The lowest BCUT2D eigenvalue weighted by Crippen LogP contribution is -2.38. The van der Waals surface area contributed by atoms with Gasteiger partial charge in [0.15, 0.2) is 0 Å². The van der Waals surface area contributed by atoms with Gasteiger partial charge in [0.2, 0.25) is 5.95 Å². The number of aryl methyl sites for hydroxylation is 1. The van der Waals surface area contributed by atoms with Crippen molar-refractivity contribution >= 4 is 11.8 Å². The maximum atomic E-state index is 9.65. The summed E-state index contributed by atoms with van der Waals surface area (Å²) in [6.07, 6.45) is 3.72. The van der Waals surface area contributed by atoms with Gasteiger partial charge in [0.1, 0.15) is 5.82 Å². The van der Waals surface area contributed by atoms with E-state index in [1.54, 1.807) is 0 Å². The number of nitrogens with one attached hydrogen (secondary N) is 1. The molecule has 5 heteroatoms. The van der Waals surface area contributed by atoms with Gasteiger partial charge in [-0.15, -0.1) is 0 Å². The standard InChI is InChI=1S/C14H24N4O/c1-4-15-14-16-9-10(2)13(17-14)18-7-5-12(6-8-18)11(3)19/h9,11-12,19H,4-8H2,1-3H3,(H,15,16,17). The van der Waals surface area contributed by atoms with Crippen LogP contribution in [-0.2, 0) is 0 Å². The zero-order valence-electron chi connectivity index (χ0n) is 12.1. The molecule has 106 valence electrons. The molecule has 1 atom stereocenters. The van der Waals surface area contributed by atoms with Crippen LogP contribution in [0.2, 0.25) is 0 Å². The first kappa shape index (κ1) is 14.1. The molecule has 1 saturated heterocycles. The van der Waals surface area contributed by atoms with Gasteiger partial charge in [-0.05, 0) is 39.5 Å². The fourth-order valence-corrected chi connectivity index (χ4v) is 2.59. The minimum Gasteiger partial charge on any atom is -0.393 e. The lowest BCUT2D eigenvalue weighted by Gasteiger charge is -2.34.